The number of ether oxygens (including phenoxy) is 1. The molecule has 0 amide bonds. The normalized spacial score (nSPS) is 11.8. The fourth-order valence-corrected chi connectivity index (χ4v) is 4.00. The van der Waals surface area contributed by atoms with Crippen molar-refractivity contribution in [2.24, 2.45) is 7.05 Å². The van der Waals surface area contributed by atoms with Crippen LogP contribution in [0, 0.1) is 0 Å². The van der Waals surface area contributed by atoms with E-state index < -0.39 is 0 Å². The molecule has 116 valence electrons. The SMILES string of the molecule is COc1ccc2c(c1)c1ccccc1c1c3ccccc3n(C)c21. The van der Waals surface area contributed by atoms with E-state index in [1.807, 2.05) is 6.07 Å². The summed E-state index contributed by atoms with van der Waals surface area (Å²) in [7, 11) is 3.88. The van der Waals surface area contributed by atoms with Crippen molar-refractivity contribution in [2.45, 2.75) is 0 Å². The van der Waals surface area contributed by atoms with Gasteiger partial charge < -0.3 is 9.30 Å². The van der Waals surface area contributed by atoms with E-state index in [1.165, 1.54) is 43.4 Å². The monoisotopic (exact) mass is 311 g/mol. The van der Waals surface area contributed by atoms with E-state index in [0.29, 0.717) is 0 Å². The maximum absolute atomic E-state index is 5.47. The highest BCUT2D eigenvalue weighted by molar-refractivity contribution is 6.31. The zero-order valence-corrected chi connectivity index (χ0v) is 13.7. The lowest BCUT2D eigenvalue weighted by molar-refractivity contribution is 0.415. The Kier molecular flexibility index (Phi) is 2.66. The lowest BCUT2D eigenvalue weighted by Gasteiger charge is -2.10. The molecule has 5 aromatic rings. The summed E-state index contributed by atoms with van der Waals surface area (Å²) in [6.45, 7) is 0. The second-order valence-electron chi connectivity index (χ2n) is 6.26. The standard InChI is InChI=1S/C22H17NO/c1-23-20-10-6-5-9-18(20)21-16-8-4-3-7-15(16)19-13-14(24-2)11-12-17(19)22(21)23/h3-13H,1-2H3. The minimum Gasteiger partial charge on any atom is -0.497 e. The van der Waals surface area contributed by atoms with Gasteiger partial charge in [-0.3, -0.25) is 0 Å². The molecule has 0 N–H and O–H groups in total. The molecular formula is C22H17NO. The number of para-hydroxylation sites is 1. The minimum absolute atomic E-state index is 0.894. The number of rotatable bonds is 1. The number of benzene rings is 4. The molecule has 0 fully saturated rings. The Balaban J connectivity index is 2.19. The van der Waals surface area contributed by atoms with Gasteiger partial charge >= 0.3 is 0 Å². The van der Waals surface area contributed by atoms with Gasteiger partial charge in [-0.1, -0.05) is 42.5 Å². The van der Waals surface area contributed by atoms with Gasteiger partial charge in [0, 0.05) is 28.7 Å². The molecule has 0 saturated heterocycles. The lowest BCUT2D eigenvalue weighted by Crippen LogP contribution is -1.90. The summed E-state index contributed by atoms with van der Waals surface area (Å²) in [5.74, 6) is 0.894. The van der Waals surface area contributed by atoms with Crippen LogP contribution in [0.15, 0.2) is 66.7 Å². The molecule has 1 aromatic heterocycles. The molecule has 0 unspecified atom stereocenters. The number of aromatic nitrogens is 1. The Bertz CT molecular complexity index is 1250. The predicted octanol–water partition coefficient (Wildman–Crippen LogP) is 5.65. The molecule has 0 spiro atoms. The summed E-state index contributed by atoms with van der Waals surface area (Å²) in [5, 5.41) is 7.72. The molecule has 24 heavy (non-hydrogen) atoms. The van der Waals surface area contributed by atoms with E-state index in [-0.39, 0.29) is 0 Å². The van der Waals surface area contributed by atoms with Crippen LogP contribution in [-0.2, 0) is 7.05 Å². The van der Waals surface area contributed by atoms with Crippen molar-refractivity contribution < 1.29 is 4.74 Å². The zero-order chi connectivity index (χ0) is 16.3. The second-order valence-corrected chi connectivity index (χ2v) is 6.26. The van der Waals surface area contributed by atoms with Crippen molar-refractivity contribution in [1.82, 2.24) is 4.57 Å². The summed E-state index contributed by atoms with van der Waals surface area (Å²) >= 11 is 0. The van der Waals surface area contributed by atoms with Crippen LogP contribution in [0.1, 0.15) is 0 Å². The van der Waals surface area contributed by atoms with Gasteiger partial charge in [0.1, 0.15) is 5.75 Å². The Labute approximate surface area is 139 Å². The maximum Gasteiger partial charge on any atom is 0.119 e. The summed E-state index contributed by atoms with van der Waals surface area (Å²) in [6, 6.07) is 23.7. The Morgan fingerprint density at radius 2 is 1.42 bits per heavy atom. The topological polar surface area (TPSA) is 14.2 Å². The first-order valence-corrected chi connectivity index (χ1v) is 8.15. The Morgan fingerprint density at radius 3 is 2.21 bits per heavy atom. The van der Waals surface area contributed by atoms with Crippen molar-refractivity contribution in [3.8, 4) is 5.75 Å². The molecule has 1 heterocycles. The van der Waals surface area contributed by atoms with Crippen molar-refractivity contribution in [3.63, 3.8) is 0 Å². The predicted molar refractivity (Wildman–Crippen MR) is 102 cm³/mol. The average Bonchev–Trinajstić information content (AvgIpc) is 2.95. The number of fused-ring (bicyclic) bond motifs is 8. The van der Waals surface area contributed by atoms with E-state index in [1.54, 1.807) is 7.11 Å². The summed E-state index contributed by atoms with van der Waals surface area (Å²) in [5.41, 5.74) is 2.55. The second kappa shape index (κ2) is 4.75. The highest BCUT2D eigenvalue weighted by Crippen LogP contribution is 2.41. The zero-order valence-electron chi connectivity index (χ0n) is 13.7. The molecule has 0 aliphatic heterocycles. The van der Waals surface area contributed by atoms with E-state index in [9.17, 15) is 0 Å². The number of aryl methyl sites for hydroxylation is 1. The van der Waals surface area contributed by atoms with Gasteiger partial charge in [-0.05, 0) is 40.4 Å². The van der Waals surface area contributed by atoms with Gasteiger partial charge in [-0.2, -0.15) is 0 Å². The van der Waals surface area contributed by atoms with Gasteiger partial charge in [0.2, 0.25) is 0 Å². The molecule has 0 bridgehead atoms. The van der Waals surface area contributed by atoms with Gasteiger partial charge in [0.05, 0.1) is 12.6 Å². The summed E-state index contributed by atoms with van der Waals surface area (Å²) in [6.07, 6.45) is 0. The van der Waals surface area contributed by atoms with Gasteiger partial charge in [-0.15, -0.1) is 0 Å². The molecule has 0 saturated carbocycles. The van der Waals surface area contributed by atoms with Crippen LogP contribution in [0.2, 0.25) is 0 Å². The summed E-state index contributed by atoms with van der Waals surface area (Å²) in [4.78, 5) is 0. The fraction of sp³-hybridized carbons (Fsp3) is 0.0909. The average molecular weight is 311 g/mol. The first-order chi connectivity index (χ1) is 11.8. The highest BCUT2D eigenvalue weighted by Gasteiger charge is 2.15. The highest BCUT2D eigenvalue weighted by atomic mass is 16.5. The minimum atomic E-state index is 0.894. The third-order valence-corrected chi connectivity index (χ3v) is 5.08. The van der Waals surface area contributed by atoms with Crippen LogP contribution in [0.5, 0.6) is 5.75 Å². The maximum atomic E-state index is 5.47. The van der Waals surface area contributed by atoms with Crippen LogP contribution >= 0.6 is 0 Å². The molecule has 4 aromatic carbocycles. The Hall–Kier alpha value is -3.00. The van der Waals surface area contributed by atoms with Crippen LogP contribution in [0.3, 0.4) is 0 Å². The van der Waals surface area contributed by atoms with Crippen LogP contribution < -0.4 is 4.74 Å². The molecule has 0 aliphatic rings. The van der Waals surface area contributed by atoms with Crippen LogP contribution in [0.25, 0.3) is 43.4 Å². The molecule has 2 nitrogen and oxygen atoms in total. The number of hydrogen-bond donors (Lipinski definition) is 0. The van der Waals surface area contributed by atoms with Crippen LogP contribution in [-0.4, -0.2) is 11.7 Å². The van der Waals surface area contributed by atoms with Gasteiger partial charge in [-0.25, -0.2) is 0 Å². The number of hydrogen-bond acceptors (Lipinski definition) is 1. The largest absolute Gasteiger partial charge is 0.497 e. The molecule has 0 atom stereocenters. The van der Waals surface area contributed by atoms with E-state index in [4.69, 9.17) is 4.74 Å². The number of nitrogens with zero attached hydrogens (tertiary/aromatic N) is 1. The fourth-order valence-electron chi connectivity index (χ4n) is 4.00. The quantitative estimate of drug-likeness (QED) is 0.365. The lowest BCUT2D eigenvalue weighted by atomic mass is 9.96. The molecule has 5 rings (SSSR count). The third-order valence-electron chi connectivity index (χ3n) is 5.08. The van der Waals surface area contributed by atoms with Crippen LogP contribution in [0.4, 0.5) is 0 Å². The molecule has 2 heteroatoms. The van der Waals surface area contributed by atoms with Crippen molar-refractivity contribution in [3.05, 3.63) is 66.7 Å². The smallest absolute Gasteiger partial charge is 0.119 e. The van der Waals surface area contributed by atoms with Crippen molar-refractivity contribution >= 4 is 43.4 Å². The van der Waals surface area contributed by atoms with Gasteiger partial charge in [0.25, 0.3) is 0 Å². The van der Waals surface area contributed by atoms with E-state index in [2.05, 4.69) is 72.3 Å². The van der Waals surface area contributed by atoms with E-state index >= 15 is 0 Å². The van der Waals surface area contributed by atoms with Crippen molar-refractivity contribution in [1.29, 1.82) is 0 Å². The number of methoxy groups -OCH3 is 1. The Morgan fingerprint density at radius 1 is 0.708 bits per heavy atom. The first kappa shape index (κ1) is 13.4. The summed E-state index contributed by atoms with van der Waals surface area (Å²) < 4.78 is 7.78. The third kappa shape index (κ3) is 1.60. The molecule has 0 aliphatic carbocycles. The van der Waals surface area contributed by atoms with Gasteiger partial charge in [0.15, 0.2) is 0 Å². The van der Waals surface area contributed by atoms with Crippen molar-refractivity contribution in [2.75, 3.05) is 7.11 Å². The molecular weight excluding hydrogens is 294 g/mol. The molecule has 0 radical (unpaired) electrons. The first-order valence-electron chi connectivity index (χ1n) is 8.15. The van der Waals surface area contributed by atoms with E-state index in [0.717, 1.165) is 5.75 Å².